The zero-order valence-corrected chi connectivity index (χ0v) is 17.4. The molecule has 0 fully saturated rings. The van der Waals surface area contributed by atoms with E-state index < -0.39 is 5.82 Å². The number of carbonyl (C=O) groups is 1. The molecule has 1 amide bonds. The minimum absolute atomic E-state index is 0.104. The van der Waals surface area contributed by atoms with Crippen LogP contribution in [-0.4, -0.2) is 24.0 Å². The smallest absolute Gasteiger partial charge is 0.216 e. The van der Waals surface area contributed by atoms with Gasteiger partial charge in [-0.2, -0.15) is 5.26 Å². The highest BCUT2D eigenvalue weighted by atomic mass is 35.5. The van der Waals surface area contributed by atoms with E-state index >= 15 is 0 Å². The number of halogens is 3. The van der Waals surface area contributed by atoms with Gasteiger partial charge >= 0.3 is 0 Å². The maximum atomic E-state index is 13.6. The first-order chi connectivity index (χ1) is 14.4. The van der Waals surface area contributed by atoms with Crippen LogP contribution >= 0.6 is 23.2 Å². The summed E-state index contributed by atoms with van der Waals surface area (Å²) in [6.07, 6.45) is 0.605. The number of fused-ring (bicyclic) bond motifs is 1. The molecule has 9 heteroatoms. The zero-order chi connectivity index (χ0) is 21.7. The lowest BCUT2D eigenvalue weighted by atomic mass is 10.1. The molecule has 1 aromatic heterocycles. The standard InChI is InChI=1S/C21H17Cl2FN4O2/c1-12(29)26-5-2-6-30-21-10-20(16(22)9-17(21)23)28-19-8-14(11-25)27-18-7-13(24)3-4-15(18)19/h3-4,7-10H,2,5-6H2,1H3,(H,26,29)(H,27,28). The number of amides is 1. The summed E-state index contributed by atoms with van der Waals surface area (Å²) in [5.41, 5.74) is 1.52. The van der Waals surface area contributed by atoms with Gasteiger partial charge in [0.2, 0.25) is 5.91 Å². The number of nitrogens with zero attached hydrogens (tertiary/aromatic N) is 2. The summed E-state index contributed by atoms with van der Waals surface area (Å²) in [7, 11) is 0. The molecule has 3 aromatic rings. The number of rotatable bonds is 7. The van der Waals surface area contributed by atoms with Crippen molar-refractivity contribution in [2.75, 3.05) is 18.5 Å². The third kappa shape index (κ3) is 5.29. The molecule has 6 nitrogen and oxygen atoms in total. The third-order valence-electron chi connectivity index (χ3n) is 4.13. The number of benzene rings is 2. The fourth-order valence-electron chi connectivity index (χ4n) is 2.76. The van der Waals surface area contributed by atoms with Gasteiger partial charge in [-0.15, -0.1) is 0 Å². The summed E-state index contributed by atoms with van der Waals surface area (Å²) in [5, 5.41) is 16.4. The summed E-state index contributed by atoms with van der Waals surface area (Å²) in [6.45, 7) is 2.28. The van der Waals surface area contributed by atoms with E-state index in [1.807, 2.05) is 6.07 Å². The molecule has 0 aliphatic carbocycles. The monoisotopic (exact) mass is 446 g/mol. The molecule has 0 aliphatic rings. The number of pyridine rings is 1. The first-order valence-corrected chi connectivity index (χ1v) is 9.76. The number of aromatic nitrogens is 1. The van der Waals surface area contributed by atoms with E-state index in [-0.39, 0.29) is 11.6 Å². The molecule has 154 valence electrons. The van der Waals surface area contributed by atoms with E-state index in [0.717, 1.165) is 0 Å². The Labute approximate surface area is 182 Å². The SMILES string of the molecule is CC(=O)NCCCOc1cc(Nc2cc(C#N)nc3cc(F)ccc23)c(Cl)cc1Cl. The van der Waals surface area contributed by atoms with Crippen molar-refractivity contribution < 1.29 is 13.9 Å². The average molecular weight is 447 g/mol. The highest BCUT2D eigenvalue weighted by Gasteiger charge is 2.12. The summed E-state index contributed by atoms with van der Waals surface area (Å²) in [5.74, 6) is -0.140. The Balaban J connectivity index is 1.86. The molecule has 3 rings (SSSR count). The number of anilines is 2. The molecule has 0 atom stereocenters. The van der Waals surface area contributed by atoms with E-state index in [1.165, 1.54) is 19.1 Å². The van der Waals surface area contributed by atoms with E-state index in [1.54, 1.807) is 24.3 Å². The molecular weight excluding hydrogens is 430 g/mol. The van der Waals surface area contributed by atoms with Crippen LogP contribution in [0.4, 0.5) is 15.8 Å². The predicted octanol–water partition coefficient (Wildman–Crippen LogP) is 5.20. The molecule has 0 spiro atoms. The molecule has 1 heterocycles. The van der Waals surface area contributed by atoms with Gasteiger partial charge in [0.1, 0.15) is 23.3 Å². The van der Waals surface area contributed by atoms with E-state index in [2.05, 4.69) is 15.6 Å². The Morgan fingerprint density at radius 1 is 1.20 bits per heavy atom. The van der Waals surface area contributed by atoms with Crippen molar-refractivity contribution in [3.63, 3.8) is 0 Å². The summed E-state index contributed by atoms with van der Waals surface area (Å²) < 4.78 is 19.3. The van der Waals surface area contributed by atoms with Gasteiger partial charge in [0, 0.05) is 31.0 Å². The van der Waals surface area contributed by atoms with Crippen LogP contribution in [0, 0.1) is 17.1 Å². The second-order valence-corrected chi connectivity index (χ2v) is 7.22. The Hall–Kier alpha value is -3.08. The second-order valence-electron chi connectivity index (χ2n) is 6.40. The normalized spacial score (nSPS) is 10.5. The van der Waals surface area contributed by atoms with Crippen LogP contribution in [0.5, 0.6) is 5.75 Å². The quantitative estimate of drug-likeness (QED) is 0.486. The first-order valence-electron chi connectivity index (χ1n) is 9.01. The highest BCUT2D eigenvalue weighted by molar-refractivity contribution is 6.37. The van der Waals surface area contributed by atoms with Gasteiger partial charge in [0.05, 0.1) is 33.5 Å². The molecule has 2 N–H and O–H groups in total. The molecule has 2 aromatic carbocycles. The van der Waals surface area contributed by atoms with Crippen LogP contribution in [0.3, 0.4) is 0 Å². The predicted molar refractivity (Wildman–Crippen MR) is 115 cm³/mol. The van der Waals surface area contributed by atoms with Crippen molar-refractivity contribution in [3.8, 4) is 11.8 Å². The lowest BCUT2D eigenvalue weighted by Crippen LogP contribution is -2.22. The lowest BCUT2D eigenvalue weighted by Gasteiger charge is -2.15. The van der Waals surface area contributed by atoms with Crippen LogP contribution in [-0.2, 0) is 4.79 Å². The fourth-order valence-corrected chi connectivity index (χ4v) is 3.25. The van der Waals surface area contributed by atoms with Gasteiger partial charge in [0.15, 0.2) is 0 Å². The van der Waals surface area contributed by atoms with Gasteiger partial charge in [-0.25, -0.2) is 9.37 Å². The van der Waals surface area contributed by atoms with Crippen molar-refractivity contribution in [1.29, 1.82) is 5.26 Å². The van der Waals surface area contributed by atoms with Crippen molar-refractivity contribution in [2.24, 2.45) is 0 Å². The third-order valence-corrected chi connectivity index (χ3v) is 4.74. The Morgan fingerprint density at radius 3 is 2.73 bits per heavy atom. The van der Waals surface area contributed by atoms with Crippen molar-refractivity contribution >= 4 is 51.4 Å². The van der Waals surface area contributed by atoms with Gasteiger partial charge in [0.25, 0.3) is 0 Å². The second kappa shape index (κ2) is 9.61. The van der Waals surface area contributed by atoms with Crippen molar-refractivity contribution in [1.82, 2.24) is 10.3 Å². The molecule has 0 radical (unpaired) electrons. The summed E-state index contributed by atoms with van der Waals surface area (Å²) >= 11 is 12.6. The average Bonchev–Trinajstić information content (AvgIpc) is 2.70. The van der Waals surface area contributed by atoms with E-state index in [9.17, 15) is 14.4 Å². The summed E-state index contributed by atoms with van der Waals surface area (Å²) in [4.78, 5) is 15.0. The number of carbonyl (C=O) groups excluding carboxylic acids is 1. The number of hydrogen-bond acceptors (Lipinski definition) is 5. The number of nitriles is 1. The molecule has 0 saturated carbocycles. The molecule has 0 unspecified atom stereocenters. The van der Waals surface area contributed by atoms with Gasteiger partial charge < -0.3 is 15.4 Å². The Kier molecular flexibility index (Phi) is 6.93. The van der Waals surface area contributed by atoms with Crippen LogP contribution in [0.2, 0.25) is 10.0 Å². The van der Waals surface area contributed by atoms with E-state index in [0.29, 0.717) is 57.6 Å². The van der Waals surface area contributed by atoms with Crippen LogP contribution in [0.15, 0.2) is 36.4 Å². The number of ether oxygens (including phenoxy) is 1. The summed E-state index contributed by atoms with van der Waals surface area (Å²) in [6, 6.07) is 10.9. The largest absolute Gasteiger partial charge is 0.492 e. The highest BCUT2D eigenvalue weighted by Crippen LogP contribution is 2.37. The topological polar surface area (TPSA) is 87.0 Å². The van der Waals surface area contributed by atoms with Gasteiger partial charge in [-0.1, -0.05) is 23.2 Å². The molecular formula is C21H17Cl2FN4O2. The van der Waals surface area contributed by atoms with Crippen molar-refractivity contribution in [2.45, 2.75) is 13.3 Å². The molecule has 0 saturated heterocycles. The fraction of sp³-hybridized carbons (Fsp3) is 0.190. The maximum Gasteiger partial charge on any atom is 0.216 e. The number of nitrogens with one attached hydrogen (secondary N) is 2. The minimum atomic E-state index is -0.449. The number of hydrogen-bond donors (Lipinski definition) is 2. The van der Waals surface area contributed by atoms with E-state index in [4.69, 9.17) is 27.9 Å². The van der Waals surface area contributed by atoms with Crippen LogP contribution in [0.1, 0.15) is 19.0 Å². The Morgan fingerprint density at radius 2 is 2.00 bits per heavy atom. The Bertz CT molecular complexity index is 1150. The maximum absolute atomic E-state index is 13.6. The van der Waals surface area contributed by atoms with Gasteiger partial charge in [-0.05, 0) is 30.7 Å². The molecule has 0 bridgehead atoms. The minimum Gasteiger partial charge on any atom is -0.492 e. The van der Waals surface area contributed by atoms with Gasteiger partial charge in [-0.3, -0.25) is 4.79 Å². The molecule has 30 heavy (non-hydrogen) atoms. The zero-order valence-electron chi connectivity index (χ0n) is 15.9. The lowest BCUT2D eigenvalue weighted by molar-refractivity contribution is -0.118. The van der Waals surface area contributed by atoms with Crippen LogP contribution < -0.4 is 15.4 Å². The molecule has 0 aliphatic heterocycles. The van der Waals surface area contributed by atoms with Crippen molar-refractivity contribution in [3.05, 3.63) is 58.0 Å². The van der Waals surface area contributed by atoms with Crippen LogP contribution in [0.25, 0.3) is 10.9 Å². The first kappa shape index (κ1) is 21.6.